The van der Waals surface area contributed by atoms with Crippen molar-refractivity contribution in [2.24, 2.45) is 11.0 Å². The maximum absolute atomic E-state index is 13.2. The van der Waals surface area contributed by atoms with E-state index in [4.69, 9.17) is 16.3 Å². The minimum absolute atomic E-state index is 0.0643. The molecule has 1 fully saturated rings. The zero-order valence-electron chi connectivity index (χ0n) is 14.9. The van der Waals surface area contributed by atoms with Crippen LogP contribution in [0.4, 0.5) is 11.4 Å². The second-order valence-corrected chi connectivity index (χ2v) is 6.73. The Bertz CT molecular complexity index is 975. The van der Waals surface area contributed by atoms with Crippen molar-refractivity contribution in [3.63, 3.8) is 0 Å². The predicted molar refractivity (Wildman–Crippen MR) is 104 cm³/mol. The van der Waals surface area contributed by atoms with Gasteiger partial charge < -0.3 is 4.74 Å². The van der Waals surface area contributed by atoms with E-state index >= 15 is 0 Å². The first-order valence-corrected chi connectivity index (χ1v) is 9.14. The number of halogens is 1. The normalized spacial score (nSPS) is 21.0. The Kier molecular flexibility index (Phi) is 4.60. The predicted octanol–water partition coefficient (Wildman–Crippen LogP) is 2.64. The Hall–Kier alpha value is -3.19. The number of carbonyl (C=O) groups is 3. The van der Waals surface area contributed by atoms with Gasteiger partial charge in [0.25, 0.3) is 5.91 Å². The summed E-state index contributed by atoms with van der Waals surface area (Å²) < 4.78 is 5.06. The second-order valence-electron chi connectivity index (χ2n) is 6.30. The van der Waals surface area contributed by atoms with Gasteiger partial charge in [0, 0.05) is 5.02 Å². The largest absolute Gasteiger partial charge is 0.461 e. The third kappa shape index (κ3) is 2.84. The first kappa shape index (κ1) is 18.2. The fourth-order valence-corrected chi connectivity index (χ4v) is 3.55. The molecule has 28 heavy (non-hydrogen) atoms. The number of hydrogen-bond acceptors (Lipinski definition) is 6. The molecule has 0 aromatic heterocycles. The summed E-state index contributed by atoms with van der Waals surface area (Å²) in [5.41, 5.74) is 0.937. The molecule has 0 saturated carbocycles. The summed E-state index contributed by atoms with van der Waals surface area (Å²) >= 11 is 5.91. The van der Waals surface area contributed by atoms with E-state index in [9.17, 15) is 14.4 Å². The summed E-state index contributed by atoms with van der Waals surface area (Å²) in [4.78, 5) is 39.8. The van der Waals surface area contributed by atoms with Crippen LogP contribution in [0.3, 0.4) is 0 Å². The molecule has 2 aliphatic heterocycles. The molecule has 2 aromatic rings. The van der Waals surface area contributed by atoms with Gasteiger partial charge in [-0.15, -0.1) is 0 Å². The summed E-state index contributed by atoms with van der Waals surface area (Å²) in [6.07, 6.45) is 0. The van der Waals surface area contributed by atoms with Gasteiger partial charge in [0.05, 0.1) is 18.0 Å². The van der Waals surface area contributed by atoms with Crippen molar-refractivity contribution in [3.05, 3.63) is 59.6 Å². The number of anilines is 2. The number of hydrazone groups is 1. The summed E-state index contributed by atoms with van der Waals surface area (Å²) in [7, 11) is 0. The van der Waals surface area contributed by atoms with Gasteiger partial charge in [-0.3, -0.25) is 14.6 Å². The molecule has 0 bridgehead atoms. The standard InChI is InChI=1S/C20H16ClN3O4/c1-2-28-20(27)16-15-17(24(22-16)14-6-4-3-5-7-14)19(26)23(18(15)25)13-10-8-12(21)9-11-13/h3-11,15,17H,2H2,1H3/t15-,17-/m1/s1. The molecule has 7 nitrogen and oxygen atoms in total. The molecular weight excluding hydrogens is 382 g/mol. The highest BCUT2D eigenvalue weighted by Gasteiger charge is 2.59. The van der Waals surface area contributed by atoms with Crippen LogP contribution in [-0.2, 0) is 19.1 Å². The Morgan fingerprint density at radius 1 is 1.04 bits per heavy atom. The van der Waals surface area contributed by atoms with E-state index in [0.717, 1.165) is 4.90 Å². The van der Waals surface area contributed by atoms with Crippen molar-refractivity contribution in [1.29, 1.82) is 0 Å². The van der Waals surface area contributed by atoms with Crippen LogP contribution in [0, 0.1) is 5.92 Å². The number of benzene rings is 2. The van der Waals surface area contributed by atoms with Crippen molar-refractivity contribution in [2.75, 3.05) is 16.5 Å². The summed E-state index contributed by atoms with van der Waals surface area (Å²) in [5, 5.41) is 6.20. The third-order valence-corrected chi connectivity index (χ3v) is 4.89. The van der Waals surface area contributed by atoms with Gasteiger partial charge in [-0.05, 0) is 43.3 Å². The Morgan fingerprint density at radius 2 is 1.71 bits per heavy atom. The molecule has 0 unspecified atom stereocenters. The molecule has 142 valence electrons. The second kappa shape index (κ2) is 7.09. The fraction of sp³-hybridized carbons (Fsp3) is 0.200. The minimum atomic E-state index is -1.03. The van der Waals surface area contributed by atoms with Crippen LogP contribution in [0.1, 0.15) is 6.92 Å². The van der Waals surface area contributed by atoms with Crippen molar-refractivity contribution in [3.8, 4) is 0 Å². The highest BCUT2D eigenvalue weighted by Crippen LogP contribution is 2.38. The molecule has 8 heteroatoms. The molecule has 0 radical (unpaired) electrons. The van der Waals surface area contributed by atoms with Crippen LogP contribution in [0.25, 0.3) is 0 Å². The van der Waals surface area contributed by atoms with Crippen molar-refractivity contribution in [2.45, 2.75) is 13.0 Å². The summed E-state index contributed by atoms with van der Waals surface area (Å²) in [5.74, 6) is -2.69. The van der Waals surface area contributed by atoms with E-state index in [1.165, 1.54) is 5.01 Å². The monoisotopic (exact) mass is 397 g/mol. The van der Waals surface area contributed by atoms with E-state index in [1.807, 2.05) is 6.07 Å². The van der Waals surface area contributed by atoms with Crippen LogP contribution in [-0.4, -0.2) is 36.1 Å². The SMILES string of the molecule is CCOC(=O)C1=NN(c2ccccc2)[C@H]2C(=O)N(c3ccc(Cl)cc3)C(=O)[C@H]12. The zero-order valence-corrected chi connectivity index (χ0v) is 15.7. The van der Waals surface area contributed by atoms with Crippen molar-refractivity contribution >= 4 is 46.5 Å². The molecule has 2 heterocycles. The Morgan fingerprint density at radius 3 is 2.36 bits per heavy atom. The first-order chi connectivity index (χ1) is 13.5. The van der Waals surface area contributed by atoms with Crippen LogP contribution in [0.15, 0.2) is 59.7 Å². The van der Waals surface area contributed by atoms with Crippen LogP contribution >= 0.6 is 11.6 Å². The number of amides is 2. The molecule has 2 atom stereocenters. The Balaban J connectivity index is 1.78. The average Bonchev–Trinajstić information content (AvgIpc) is 3.21. The first-order valence-electron chi connectivity index (χ1n) is 8.76. The van der Waals surface area contributed by atoms with Crippen molar-refractivity contribution in [1.82, 2.24) is 0 Å². The minimum Gasteiger partial charge on any atom is -0.461 e. The average molecular weight is 398 g/mol. The lowest BCUT2D eigenvalue weighted by Crippen LogP contribution is -2.39. The highest BCUT2D eigenvalue weighted by molar-refractivity contribution is 6.47. The quantitative estimate of drug-likeness (QED) is 0.585. The maximum atomic E-state index is 13.2. The van der Waals surface area contributed by atoms with Gasteiger partial charge in [0.1, 0.15) is 12.0 Å². The molecule has 2 aliphatic rings. The van der Waals surface area contributed by atoms with E-state index in [1.54, 1.807) is 55.5 Å². The number of nitrogens with zero attached hydrogens (tertiary/aromatic N) is 3. The zero-order chi connectivity index (χ0) is 19.8. The molecule has 0 spiro atoms. The maximum Gasteiger partial charge on any atom is 0.355 e. The van der Waals surface area contributed by atoms with E-state index in [0.29, 0.717) is 16.4 Å². The number of ether oxygens (including phenoxy) is 1. The van der Waals surface area contributed by atoms with E-state index < -0.39 is 29.7 Å². The number of hydrogen-bond donors (Lipinski definition) is 0. The van der Waals surface area contributed by atoms with Gasteiger partial charge >= 0.3 is 5.97 Å². The smallest absolute Gasteiger partial charge is 0.355 e. The number of esters is 1. The lowest BCUT2D eigenvalue weighted by atomic mass is 9.98. The molecule has 2 amide bonds. The molecule has 0 aliphatic carbocycles. The third-order valence-electron chi connectivity index (χ3n) is 4.64. The molecule has 1 saturated heterocycles. The molecule has 2 aromatic carbocycles. The highest BCUT2D eigenvalue weighted by atomic mass is 35.5. The lowest BCUT2D eigenvalue weighted by Gasteiger charge is -2.22. The fourth-order valence-electron chi connectivity index (χ4n) is 3.43. The van der Waals surface area contributed by atoms with E-state index in [2.05, 4.69) is 5.10 Å². The number of carbonyl (C=O) groups excluding carboxylic acids is 3. The molecule has 0 N–H and O–H groups in total. The Labute approximate surface area is 166 Å². The summed E-state index contributed by atoms with van der Waals surface area (Å²) in [6.45, 7) is 1.81. The van der Waals surface area contributed by atoms with Gasteiger partial charge in [-0.1, -0.05) is 29.8 Å². The lowest BCUT2D eigenvalue weighted by molar-refractivity contribution is -0.136. The van der Waals surface area contributed by atoms with Gasteiger partial charge in [-0.2, -0.15) is 5.10 Å². The number of rotatable bonds is 4. The van der Waals surface area contributed by atoms with Crippen molar-refractivity contribution < 1.29 is 19.1 Å². The number of imide groups is 1. The molecule has 4 rings (SSSR count). The topological polar surface area (TPSA) is 79.3 Å². The van der Waals surface area contributed by atoms with Crippen LogP contribution < -0.4 is 9.91 Å². The number of fused-ring (bicyclic) bond motifs is 1. The van der Waals surface area contributed by atoms with Crippen LogP contribution in [0.2, 0.25) is 5.02 Å². The molecular formula is C20H16ClN3O4. The van der Waals surface area contributed by atoms with Gasteiger partial charge in [-0.25, -0.2) is 9.69 Å². The van der Waals surface area contributed by atoms with E-state index in [-0.39, 0.29) is 12.3 Å². The van der Waals surface area contributed by atoms with Gasteiger partial charge in [0.2, 0.25) is 5.91 Å². The number of para-hydroxylation sites is 1. The summed E-state index contributed by atoms with van der Waals surface area (Å²) in [6, 6.07) is 14.4. The van der Waals surface area contributed by atoms with Gasteiger partial charge in [0.15, 0.2) is 5.71 Å². The van der Waals surface area contributed by atoms with Crippen LogP contribution in [0.5, 0.6) is 0 Å².